The van der Waals surface area contributed by atoms with Crippen LogP contribution in [0.5, 0.6) is 0 Å². The molecule has 2 heterocycles. The number of rotatable bonds is 8. The highest BCUT2D eigenvalue weighted by Gasteiger charge is 2.23. The van der Waals surface area contributed by atoms with E-state index in [1.54, 1.807) is 31.4 Å². The zero-order valence-corrected chi connectivity index (χ0v) is 18.4. The molecule has 11 heteroatoms. The smallest absolute Gasteiger partial charge is 0.328 e. The molecular weight excluding hydrogens is 450 g/mol. The molecule has 0 saturated heterocycles. The van der Waals surface area contributed by atoms with Crippen LogP contribution in [0.1, 0.15) is 11.1 Å². The second kappa shape index (κ2) is 11.7. The predicted molar refractivity (Wildman–Crippen MR) is 120 cm³/mol. The molecule has 3 rings (SSSR count). The second-order valence-corrected chi connectivity index (χ2v) is 8.39. The summed E-state index contributed by atoms with van der Waals surface area (Å²) in [4.78, 5) is 23.1. The van der Waals surface area contributed by atoms with Crippen LogP contribution in [0, 0.1) is 0 Å². The Bertz CT molecular complexity index is 1220. The lowest BCUT2D eigenvalue weighted by molar-refractivity contribution is -0.134. The standard InChI is InChI=1S/C18H19N3O3S.C4H4O4/c1-19-10-14-9-18(17-7-3-2-5-15(17)13-22)21(12-14)25(23,24)16-6-4-8-20-11-16;5-3(6)1-2-4(7)8/h2-9,11-12,19,22H,10,13H2,1H3;1-2H,(H,5,6)(H,7,8)/b;2-1+. The number of carboxylic acid groups (broad SMARTS) is 2. The first-order valence-corrected chi connectivity index (χ1v) is 11.0. The van der Waals surface area contributed by atoms with Gasteiger partial charge in [0.2, 0.25) is 0 Å². The number of hydrogen-bond acceptors (Lipinski definition) is 7. The van der Waals surface area contributed by atoms with Crippen LogP contribution in [-0.4, -0.2) is 51.7 Å². The monoisotopic (exact) mass is 473 g/mol. The molecule has 2 aromatic heterocycles. The maximum atomic E-state index is 13.1. The van der Waals surface area contributed by atoms with Gasteiger partial charge in [-0.05, 0) is 36.4 Å². The number of carboxylic acids is 2. The number of pyridine rings is 1. The maximum absolute atomic E-state index is 13.1. The van der Waals surface area contributed by atoms with E-state index in [-0.39, 0.29) is 11.5 Å². The van der Waals surface area contributed by atoms with Gasteiger partial charge >= 0.3 is 11.9 Å². The van der Waals surface area contributed by atoms with Crippen molar-refractivity contribution >= 4 is 22.0 Å². The van der Waals surface area contributed by atoms with Crippen molar-refractivity contribution in [2.75, 3.05) is 7.05 Å². The molecular formula is C22H23N3O7S. The van der Waals surface area contributed by atoms with E-state index in [1.807, 2.05) is 18.2 Å². The molecule has 0 saturated carbocycles. The highest BCUT2D eigenvalue weighted by molar-refractivity contribution is 7.90. The molecule has 0 aliphatic carbocycles. The molecule has 0 spiro atoms. The Kier molecular flexibility index (Phi) is 9.04. The van der Waals surface area contributed by atoms with Gasteiger partial charge in [-0.3, -0.25) is 4.98 Å². The Morgan fingerprint density at radius 2 is 1.76 bits per heavy atom. The number of aromatic nitrogens is 2. The van der Waals surface area contributed by atoms with Gasteiger partial charge in [0.05, 0.1) is 12.3 Å². The van der Waals surface area contributed by atoms with E-state index in [1.165, 1.54) is 22.4 Å². The summed E-state index contributed by atoms with van der Waals surface area (Å²) in [5.41, 5.74) is 2.69. The van der Waals surface area contributed by atoms with Crippen molar-refractivity contribution in [2.45, 2.75) is 18.0 Å². The summed E-state index contributed by atoms with van der Waals surface area (Å²) in [6.07, 6.45) is 5.57. The van der Waals surface area contributed by atoms with Crippen LogP contribution in [0.2, 0.25) is 0 Å². The average molecular weight is 474 g/mol. The van der Waals surface area contributed by atoms with Gasteiger partial charge in [0.25, 0.3) is 10.0 Å². The molecule has 0 radical (unpaired) electrons. The molecule has 1 aromatic carbocycles. The molecule has 0 aliphatic heterocycles. The number of aliphatic hydroxyl groups is 1. The molecule has 0 bridgehead atoms. The van der Waals surface area contributed by atoms with Gasteiger partial charge in [-0.2, -0.15) is 0 Å². The van der Waals surface area contributed by atoms with E-state index >= 15 is 0 Å². The summed E-state index contributed by atoms with van der Waals surface area (Å²) in [6, 6.07) is 12.1. The zero-order chi connectivity index (χ0) is 24.4. The fourth-order valence-corrected chi connectivity index (χ4v) is 4.21. The highest BCUT2D eigenvalue weighted by Crippen LogP contribution is 2.29. The first kappa shape index (κ1) is 25.5. The zero-order valence-electron chi connectivity index (χ0n) is 17.6. The molecule has 4 N–H and O–H groups in total. The van der Waals surface area contributed by atoms with Crippen molar-refractivity contribution in [3.05, 3.63) is 84.3 Å². The van der Waals surface area contributed by atoms with Crippen LogP contribution >= 0.6 is 0 Å². The van der Waals surface area contributed by atoms with Gasteiger partial charge in [-0.1, -0.05) is 24.3 Å². The summed E-state index contributed by atoms with van der Waals surface area (Å²) in [7, 11) is -2.00. The van der Waals surface area contributed by atoms with Gasteiger partial charge in [-0.25, -0.2) is 22.0 Å². The summed E-state index contributed by atoms with van der Waals surface area (Å²) in [5, 5.41) is 28.3. The van der Waals surface area contributed by atoms with Gasteiger partial charge in [0, 0.05) is 42.9 Å². The third-order valence-corrected chi connectivity index (χ3v) is 5.90. The molecule has 0 unspecified atom stereocenters. The fourth-order valence-electron chi connectivity index (χ4n) is 2.86. The minimum Gasteiger partial charge on any atom is -0.478 e. The molecule has 174 valence electrons. The van der Waals surface area contributed by atoms with Crippen LogP contribution < -0.4 is 5.32 Å². The van der Waals surface area contributed by atoms with E-state index in [4.69, 9.17) is 10.2 Å². The van der Waals surface area contributed by atoms with Crippen molar-refractivity contribution in [2.24, 2.45) is 0 Å². The fraction of sp³-hybridized carbons (Fsp3) is 0.136. The summed E-state index contributed by atoms with van der Waals surface area (Å²) >= 11 is 0. The third-order valence-electron chi connectivity index (χ3n) is 4.25. The predicted octanol–water partition coefficient (Wildman–Crippen LogP) is 1.71. The molecule has 3 aromatic rings. The Morgan fingerprint density at radius 3 is 2.30 bits per heavy atom. The number of aliphatic hydroxyl groups excluding tert-OH is 1. The number of aliphatic carboxylic acids is 2. The van der Waals surface area contributed by atoms with Crippen LogP contribution in [0.15, 0.2) is 78.1 Å². The van der Waals surface area contributed by atoms with Gasteiger partial charge in [-0.15, -0.1) is 0 Å². The van der Waals surface area contributed by atoms with E-state index in [2.05, 4.69) is 10.3 Å². The lowest BCUT2D eigenvalue weighted by atomic mass is 10.1. The molecule has 0 fully saturated rings. The molecule has 0 amide bonds. The van der Waals surface area contributed by atoms with Crippen molar-refractivity contribution in [1.29, 1.82) is 0 Å². The van der Waals surface area contributed by atoms with Gasteiger partial charge in [0.1, 0.15) is 4.90 Å². The number of carbonyl (C=O) groups is 2. The number of benzene rings is 1. The molecule has 0 atom stereocenters. The van der Waals surface area contributed by atoms with Gasteiger partial charge in [0.15, 0.2) is 0 Å². The van der Waals surface area contributed by atoms with Crippen molar-refractivity contribution in [3.63, 3.8) is 0 Å². The third kappa shape index (κ3) is 6.84. The lowest BCUT2D eigenvalue weighted by Gasteiger charge is -2.12. The van der Waals surface area contributed by atoms with E-state index in [0.29, 0.717) is 35.5 Å². The maximum Gasteiger partial charge on any atom is 0.328 e. The topological polar surface area (TPSA) is 159 Å². The Labute approximate surface area is 190 Å². The largest absolute Gasteiger partial charge is 0.478 e. The highest BCUT2D eigenvalue weighted by atomic mass is 32.2. The van der Waals surface area contributed by atoms with Crippen molar-refractivity contribution < 1.29 is 33.3 Å². The van der Waals surface area contributed by atoms with Crippen LogP contribution in [0.3, 0.4) is 0 Å². The average Bonchev–Trinajstić information content (AvgIpc) is 3.23. The van der Waals surface area contributed by atoms with Crippen LogP contribution in [0.25, 0.3) is 11.3 Å². The minimum atomic E-state index is -3.80. The van der Waals surface area contributed by atoms with E-state index < -0.39 is 22.0 Å². The Hall–Kier alpha value is -3.80. The normalized spacial score (nSPS) is 11.1. The SMILES string of the molecule is CNCc1cc(-c2ccccc2CO)n(S(=O)(=O)c2cccnc2)c1.O=C(O)/C=C/C(=O)O. The van der Waals surface area contributed by atoms with Crippen LogP contribution in [0.4, 0.5) is 0 Å². The van der Waals surface area contributed by atoms with E-state index in [9.17, 15) is 23.1 Å². The summed E-state index contributed by atoms with van der Waals surface area (Å²) < 4.78 is 27.4. The van der Waals surface area contributed by atoms with Crippen molar-refractivity contribution in [3.8, 4) is 11.3 Å². The molecule has 33 heavy (non-hydrogen) atoms. The summed E-state index contributed by atoms with van der Waals surface area (Å²) in [6.45, 7) is 0.361. The van der Waals surface area contributed by atoms with E-state index in [0.717, 1.165) is 5.56 Å². The Balaban J connectivity index is 0.000000414. The summed E-state index contributed by atoms with van der Waals surface area (Å²) in [5.74, 6) is -2.51. The number of nitrogens with zero attached hydrogens (tertiary/aromatic N) is 2. The quantitative estimate of drug-likeness (QED) is 0.357. The number of nitrogens with one attached hydrogen (secondary N) is 1. The molecule has 0 aliphatic rings. The Morgan fingerprint density at radius 1 is 1.09 bits per heavy atom. The first-order chi connectivity index (χ1) is 15.7. The van der Waals surface area contributed by atoms with Gasteiger partial charge < -0.3 is 20.6 Å². The number of hydrogen-bond donors (Lipinski definition) is 4. The van der Waals surface area contributed by atoms with Crippen LogP contribution in [-0.2, 0) is 32.8 Å². The molecule has 10 nitrogen and oxygen atoms in total. The minimum absolute atomic E-state index is 0.115. The van der Waals surface area contributed by atoms with Crippen molar-refractivity contribution in [1.82, 2.24) is 14.3 Å². The first-order valence-electron chi connectivity index (χ1n) is 9.55. The second-order valence-electron chi connectivity index (χ2n) is 6.58. The lowest BCUT2D eigenvalue weighted by Crippen LogP contribution is -2.14.